The molecule has 3 N–H and O–H groups in total. The Bertz CT molecular complexity index is 683. The van der Waals surface area contributed by atoms with Crippen molar-refractivity contribution < 1.29 is 18.0 Å². The molecule has 20 heavy (non-hydrogen) atoms. The number of imide groups is 1. The van der Waals surface area contributed by atoms with E-state index >= 15 is 0 Å². The number of carbonyl (C=O) groups excluding carboxylic acids is 2. The van der Waals surface area contributed by atoms with Gasteiger partial charge in [0.15, 0.2) is 0 Å². The Morgan fingerprint density at radius 1 is 1.40 bits per heavy atom. The second-order valence-corrected chi connectivity index (χ2v) is 6.67. The maximum atomic E-state index is 12.6. The average molecular weight is 298 g/mol. The van der Waals surface area contributed by atoms with Crippen molar-refractivity contribution in [1.29, 1.82) is 0 Å². The number of nitrogens with two attached hydrogens (primary N) is 1. The third-order valence-electron chi connectivity index (χ3n) is 3.09. The quantitative estimate of drug-likeness (QED) is 0.681. The first-order chi connectivity index (χ1) is 9.17. The summed E-state index contributed by atoms with van der Waals surface area (Å²) in [5.41, 5.74) is 4.17. The van der Waals surface area contributed by atoms with Crippen LogP contribution in [0.2, 0.25) is 0 Å². The predicted molar refractivity (Wildman–Crippen MR) is 69.8 cm³/mol. The van der Waals surface area contributed by atoms with Crippen LogP contribution < -0.4 is 11.1 Å². The van der Waals surface area contributed by atoms with E-state index in [0.29, 0.717) is 0 Å². The topological polar surface area (TPSA) is 122 Å². The molecule has 2 rings (SSSR count). The summed E-state index contributed by atoms with van der Waals surface area (Å²) in [5, 5.41) is 2.11. The molecule has 1 aromatic heterocycles. The van der Waals surface area contributed by atoms with Crippen LogP contribution in [0.3, 0.4) is 0 Å². The van der Waals surface area contributed by atoms with Crippen LogP contribution in [0.15, 0.2) is 23.2 Å². The van der Waals surface area contributed by atoms with E-state index < -0.39 is 33.9 Å². The summed E-state index contributed by atoms with van der Waals surface area (Å²) < 4.78 is 26.0. The number of hydrogen-bond donors (Lipinski definition) is 2. The fourth-order valence-corrected chi connectivity index (χ4v) is 3.66. The van der Waals surface area contributed by atoms with Crippen molar-refractivity contribution >= 4 is 27.7 Å². The van der Waals surface area contributed by atoms with Crippen LogP contribution in [0.1, 0.15) is 13.8 Å². The highest BCUT2D eigenvalue weighted by atomic mass is 32.2. The maximum absolute atomic E-state index is 12.6. The number of rotatable bonds is 2. The van der Waals surface area contributed by atoms with E-state index in [0.717, 1.165) is 4.31 Å². The fraction of sp³-hybridized carbons (Fsp3) is 0.364. The fourth-order valence-electron chi connectivity index (χ4n) is 1.89. The molecule has 0 unspecified atom stereocenters. The average Bonchev–Trinajstić information content (AvgIpc) is 2.34. The Kier molecular flexibility index (Phi) is 3.26. The summed E-state index contributed by atoms with van der Waals surface area (Å²) in [4.78, 5) is 26.8. The lowest BCUT2D eigenvalue weighted by molar-refractivity contribution is -0.141. The van der Waals surface area contributed by atoms with Gasteiger partial charge in [-0.3, -0.25) is 14.9 Å². The smallest absolute Gasteiger partial charge is 0.248 e. The number of nitrogen functional groups attached to an aromatic ring is 1. The zero-order valence-electron chi connectivity index (χ0n) is 11.0. The van der Waals surface area contributed by atoms with Gasteiger partial charge in [0.2, 0.25) is 21.8 Å². The molecule has 1 aliphatic heterocycles. The molecular formula is C11H14N4O4S. The number of sulfonamides is 1. The van der Waals surface area contributed by atoms with Gasteiger partial charge in [-0.15, -0.1) is 0 Å². The molecule has 1 fully saturated rings. The minimum Gasteiger partial charge on any atom is -0.383 e. The number of piperazine rings is 1. The van der Waals surface area contributed by atoms with E-state index in [1.165, 1.54) is 32.2 Å². The van der Waals surface area contributed by atoms with E-state index in [2.05, 4.69) is 10.3 Å². The van der Waals surface area contributed by atoms with Gasteiger partial charge < -0.3 is 5.73 Å². The Hall–Kier alpha value is -2.00. The SMILES string of the molecule is CC1(C)C(=O)NC(=O)CN1S(=O)(=O)c1cccnc1N. The number of carbonyl (C=O) groups is 2. The standard InChI is InChI=1S/C11H14N4O4S/c1-11(2)10(17)14-8(16)6-15(11)20(18,19)7-4-3-5-13-9(7)12/h3-5H,6H2,1-2H3,(H2,12,13)(H,14,16,17). The van der Waals surface area contributed by atoms with Crippen LogP contribution >= 0.6 is 0 Å². The molecule has 2 heterocycles. The molecule has 0 bridgehead atoms. The van der Waals surface area contributed by atoms with Gasteiger partial charge in [-0.1, -0.05) is 0 Å². The summed E-state index contributed by atoms with van der Waals surface area (Å²) >= 11 is 0. The van der Waals surface area contributed by atoms with Crippen LogP contribution in [-0.2, 0) is 19.6 Å². The first kappa shape index (κ1) is 14.4. The Morgan fingerprint density at radius 2 is 2.05 bits per heavy atom. The van der Waals surface area contributed by atoms with E-state index in [9.17, 15) is 18.0 Å². The molecule has 1 saturated heterocycles. The molecule has 1 aromatic rings. The van der Waals surface area contributed by atoms with Gasteiger partial charge >= 0.3 is 0 Å². The van der Waals surface area contributed by atoms with Gasteiger partial charge in [0.05, 0.1) is 6.54 Å². The summed E-state index contributed by atoms with van der Waals surface area (Å²) in [6.07, 6.45) is 1.35. The molecule has 0 spiro atoms. The normalized spacial score (nSPS) is 19.7. The minimum absolute atomic E-state index is 0.179. The summed E-state index contributed by atoms with van der Waals surface area (Å²) in [5.74, 6) is -1.54. The highest BCUT2D eigenvalue weighted by Crippen LogP contribution is 2.28. The van der Waals surface area contributed by atoms with Crippen molar-refractivity contribution in [3.05, 3.63) is 18.3 Å². The first-order valence-electron chi connectivity index (χ1n) is 5.75. The van der Waals surface area contributed by atoms with Crippen LogP contribution in [0.4, 0.5) is 5.82 Å². The summed E-state index contributed by atoms with van der Waals surface area (Å²) in [6, 6.07) is 2.70. The molecule has 9 heteroatoms. The van der Waals surface area contributed by atoms with E-state index in [1.54, 1.807) is 0 Å². The largest absolute Gasteiger partial charge is 0.383 e. The molecular weight excluding hydrogens is 284 g/mol. The lowest BCUT2D eigenvalue weighted by Crippen LogP contribution is -2.65. The number of aromatic nitrogens is 1. The van der Waals surface area contributed by atoms with Gasteiger partial charge in [-0.25, -0.2) is 13.4 Å². The number of nitrogens with one attached hydrogen (secondary N) is 1. The van der Waals surface area contributed by atoms with Crippen molar-refractivity contribution in [2.24, 2.45) is 0 Å². The first-order valence-corrected chi connectivity index (χ1v) is 7.19. The third-order valence-corrected chi connectivity index (χ3v) is 5.15. The number of hydrogen-bond acceptors (Lipinski definition) is 6. The van der Waals surface area contributed by atoms with Gasteiger partial charge in [-0.2, -0.15) is 4.31 Å². The molecule has 108 valence electrons. The van der Waals surface area contributed by atoms with Crippen LogP contribution in [0.25, 0.3) is 0 Å². The van der Waals surface area contributed by atoms with Gasteiger partial charge in [0.25, 0.3) is 0 Å². The number of pyridine rings is 1. The van der Waals surface area contributed by atoms with Crippen LogP contribution in [0, 0.1) is 0 Å². The molecule has 0 aromatic carbocycles. The predicted octanol–water partition coefficient (Wildman–Crippen LogP) is -0.910. The van der Waals surface area contributed by atoms with Crippen molar-refractivity contribution in [3.63, 3.8) is 0 Å². The summed E-state index contributed by atoms with van der Waals surface area (Å²) in [6.45, 7) is 2.38. The summed E-state index contributed by atoms with van der Waals surface area (Å²) in [7, 11) is -4.10. The van der Waals surface area contributed by atoms with Gasteiger partial charge in [0, 0.05) is 6.20 Å². The number of anilines is 1. The molecule has 0 radical (unpaired) electrons. The minimum atomic E-state index is -4.10. The lowest BCUT2D eigenvalue weighted by Gasteiger charge is -2.38. The van der Waals surface area contributed by atoms with Gasteiger partial charge in [-0.05, 0) is 26.0 Å². The highest BCUT2D eigenvalue weighted by molar-refractivity contribution is 7.89. The van der Waals surface area contributed by atoms with E-state index in [1.807, 2.05) is 0 Å². The molecule has 1 aliphatic rings. The highest BCUT2D eigenvalue weighted by Gasteiger charge is 2.48. The molecule has 0 saturated carbocycles. The number of nitrogens with zero attached hydrogens (tertiary/aromatic N) is 2. The zero-order chi connectivity index (χ0) is 15.1. The van der Waals surface area contributed by atoms with Gasteiger partial charge in [0.1, 0.15) is 16.3 Å². The van der Waals surface area contributed by atoms with E-state index in [4.69, 9.17) is 5.73 Å². The zero-order valence-corrected chi connectivity index (χ0v) is 11.8. The second kappa shape index (κ2) is 4.53. The molecule has 2 amide bonds. The van der Waals surface area contributed by atoms with Crippen LogP contribution in [-0.4, -0.2) is 41.6 Å². The van der Waals surface area contributed by atoms with Crippen molar-refractivity contribution in [3.8, 4) is 0 Å². The van der Waals surface area contributed by atoms with E-state index in [-0.39, 0.29) is 10.7 Å². The van der Waals surface area contributed by atoms with Crippen molar-refractivity contribution in [1.82, 2.24) is 14.6 Å². The number of amides is 2. The monoisotopic (exact) mass is 298 g/mol. The van der Waals surface area contributed by atoms with Crippen molar-refractivity contribution in [2.45, 2.75) is 24.3 Å². The Balaban J connectivity index is 2.56. The lowest BCUT2D eigenvalue weighted by atomic mass is 10.0. The maximum Gasteiger partial charge on any atom is 0.248 e. The second-order valence-electron chi connectivity index (χ2n) is 4.83. The van der Waals surface area contributed by atoms with Crippen molar-refractivity contribution in [2.75, 3.05) is 12.3 Å². The molecule has 0 atom stereocenters. The molecule has 8 nitrogen and oxygen atoms in total. The third kappa shape index (κ3) is 2.14. The Morgan fingerprint density at radius 3 is 2.65 bits per heavy atom. The van der Waals surface area contributed by atoms with Crippen LogP contribution in [0.5, 0.6) is 0 Å². The molecule has 0 aliphatic carbocycles. The Labute approximate surface area is 116 Å².